The number of hydrogen-bond donors (Lipinski definition) is 1. The van der Waals surface area contributed by atoms with Gasteiger partial charge in [-0.1, -0.05) is 37.6 Å². The van der Waals surface area contributed by atoms with Crippen molar-refractivity contribution in [2.45, 2.75) is 39.2 Å². The molecule has 3 rings (SSSR count). The number of ether oxygens (including phenoxy) is 1. The molecule has 2 aromatic carbocycles. The molecule has 0 aliphatic heterocycles. The zero-order valence-corrected chi connectivity index (χ0v) is 16.8. The van der Waals surface area contributed by atoms with E-state index in [-0.39, 0.29) is 6.04 Å². The standard InChI is InChI=1S/C21H25ClN2OS/c1-14(2)19(23)5-3-4-12-25-17-10-11-18-20(13-17)26-24-21(18)15-6-8-16(22)9-7-15/h6-11,13-14,19H,3-5,12,23H2,1-2H3. The third-order valence-corrected chi connectivity index (χ3v) is 5.68. The van der Waals surface area contributed by atoms with Gasteiger partial charge in [0.05, 0.1) is 17.0 Å². The summed E-state index contributed by atoms with van der Waals surface area (Å²) >= 11 is 7.47. The molecule has 0 spiro atoms. The summed E-state index contributed by atoms with van der Waals surface area (Å²) in [6.45, 7) is 5.06. The number of benzene rings is 2. The molecular formula is C21H25ClN2OS. The molecule has 138 valence electrons. The van der Waals surface area contributed by atoms with Crippen molar-refractivity contribution in [3.63, 3.8) is 0 Å². The van der Waals surface area contributed by atoms with Gasteiger partial charge >= 0.3 is 0 Å². The van der Waals surface area contributed by atoms with Crippen LogP contribution >= 0.6 is 23.1 Å². The molecule has 0 aliphatic rings. The monoisotopic (exact) mass is 388 g/mol. The van der Waals surface area contributed by atoms with Crippen LogP contribution in [0.2, 0.25) is 5.02 Å². The van der Waals surface area contributed by atoms with Gasteiger partial charge in [-0.05, 0) is 67.0 Å². The van der Waals surface area contributed by atoms with Gasteiger partial charge in [-0.2, -0.15) is 4.37 Å². The predicted molar refractivity (Wildman–Crippen MR) is 112 cm³/mol. The van der Waals surface area contributed by atoms with Crippen molar-refractivity contribution in [2.75, 3.05) is 6.61 Å². The fraction of sp³-hybridized carbons (Fsp3) is 0.381. The Bertz CT molecular complexity index is 845. The summed E-state index contributed by atoms with van der Waals surface area (Å²) in [6, 6.07) is 14.3. The van der Waals surface area contributed by atoms with E-state index in [4.69, 9.17) is 22.1 Å². The molecule has 0 fully saturated rings. The molecule has 0 bridgehead atoms. The van der Waals surface area contributed by atoms with E-state index < -0.39 is 0 Å². The van der Waals surface area contributed by atoms with Gasteiger partial charge in [-0.3, -0.25) is 0 Å². The van der Waals surface area contributed by atoms with Crippen LogP contribution in [0, 0.1) is 5.92 Å². The van der Waals surface area contributed by atoms with Crippen LogP contribution in [-0.2, 0) is 0 Å². The number of hydrogen-bond acceptors (Lipinski definition) is 4. The Morgan fingerprint density at radius 2 is 1.88 bits per heavy atom. The normalized spacial score (nSPS) is 12.7. The molecule has 1 aromatic heterocycles. The second-order valence-corrected chi connectivity index (χ2v) is 8.19. The number of aromatic nitrogens is 1. The van der Waals surface area contributed by atoms with Crippen LogP contribution in [0.5, 0.6) is 5.75 Å². The number of nitrogens with two attached hydrogens (primary N) is 1. The highest BCUT2D eigenvalue weighted by molar-refractivity contribution is 7.13. The maximum atomic E-state index is 6.08. The van der Waals surface area contributed by atoms with Gasteiger partial charge in [-0.15, -0.1) is 0 Å². The van der Waals surface area contributed by atoms with Gasteiger partial charge in [0.15, 0.2) is 0 Å². The molecule has 0 amide bonds. The number of nitrogens with zero attached hydrogens (tertiary/aromatic N) is 1. The second-order valence-electron chi connectivity index (χ2n) is 6.95. The molecule has 2 N–H and O–H groups in total. The van der Waals surface area contributed by atoms with Crippen molar-refractivity contribution in [1.82, 2.24) is 4.37 Å². The fourth-order valence-electron chi connectivity index (χ4n) is 2.83. The lowest BCUT2D eigenvalue weighted by atomic mass is 10.00. The Labute approximate surface area is 164 Å². The van der Waals surface area contributed by atoms with E-state index in [0.717, 1.165) is 58.0 Å². The molecular weight excluding hydrogens is 364 g/mol. The zero-order chi connectivity index (χ0) is 18.5. The van der Waals surface area contributed by atoms with Gasteiger partial charge in [0.2, 0.25) is 0 Å². The number of halogens is 1. The van der Waals surface area contributed by atoms with Gasteiger partial charge < -0.3 is 10.5 Å². The van der Waals surface area contributed by atoms with Gasteiger partial charge in [-0.25, -0.2) is 0 Å². The van der Waals surface area contributed by atoms with E-state index in [0.29, 0.717) is 5.92 Å². The average Bonchev–Trinajstić information content (AvgIpc) is 3.05. The highest BCUT2D eigenvalue weighted by Crippen LogP contribution is 2.33. The van der Waals surface area contributed by atoms with Crippen molar-refractivity contribution in [3.8, 4) is 17.0 Å². The molecule has 0 saturated carbocycles. The minimum Gasteiger partial charge on any atom is -0.494 e. The van der Waals surface area contributed by atoms with Gasteiger partial charge in [0.25, 0.3) is 0 Å². The summed E-state index contributed by atoms with van der Waals surface area (Å²) in [4.78, 5) is 0. The van der Waals surface area contributed by atoms with Crippen molar-refractivity contribution in [1.29, 1.82) is 0 Å². The van der Waals surface area contributed by atoms with Crippen molar-refractivity contribution in [2.24, 2.45) is 11.7 Å². The maximum Gasteiger partial charge on any atom is 0.120 e. The Morgan fingerprint density at radius 3 is 2.62 bits per heavy atom. The molecule has 5 heteroatoms. The highest BCUT2D eigenvalue weighted by Gasteiger charge is 2.10. The lowest BCUT2D eigenvalue weighted by Gasteiger charge is -2.15. The maximum absolute atomic E-state index is 6.08. The Kier molecular flexibility index (Phi) is 6.52. The molecule has 0 radical (unpaired) electrons. The summed E-state index contributed by atoms with van der Waals surface area (Å²) in [7, 11) is 0. The first-order valence-electron chi connectivity index (χ1n) is 9.08. The van der Waals surface area contributed by atoms with Crippen LogP contribution in [0.3, 0.4) is 0 Å². The van der Waals surface area contributed by atoms with Crippen LogP contribution in [0.25, 0.3) is 21.3 Å². The first-order chi connectivity index (χ1) is 12.5. The number of fused-ring (bicyclic) bond motifs is 1. The Morgan fingerprint density at radius 1 is 1.12 bits per heavy atom. The van der Waals surface area contributed by atoms with Crippen LogP contribution in [0.1, 0.15) is 33.1 Å². The van der Waals surface area contributed by atoms with Crippen molar-refractivity contribution < 1.29 is 4.74 Å². The minimum absolute atomic E-state index is 0.287. The first-order valence-corrected chi connectivity index (χ1v) is 10.2. The second kappa shape index (κ2) is 8.85. The third kappa shape index (κ3) is 4.76. The highest BCUT2D eigenvalue weighted by atomic mass is 35.5. The van der Waals surface area contributed by atoms with Crippen LogP contribution in [0.15, 0.2) is 42.5 Å². The fourth-order valence-corrected chi connectivity index (χ4v) is 3.78. The first kappa shape index (κ1) is 19.2. The van der Waals surface area contributed by atoms with Crippen LogP contribution < -0.4 is 10.5 Å². The summed E-state index contributed by atoms with van der Waals surface area (Å²) in [5, 5.41) is 1.88. The molecule has 3 nitrogen and oxygen atoms in total. The molecule has 0 aliphatic carbocycles. The van der Waals surface area contributed by atoms with Gasteiger partial charge in [0, 0.05) is 22.0 Å². The van der Waals surface area contributed by atoms with Crippen molar-refractivity contribution in [3.05, 3.63) is 47.5 Å². The van der Waals surface area contributed by atoms with E-state index in [2.05, 4.69) is 30.4 Å². The quantitative estimate of drug-likeness (QED) is 0.471. The minimum atomic E-state index is 0.287. The largest absolute Gasteiger partial charge is 0.494 e. The average molecular weight is 389 g/mol. The zero-order valence-electron chi connectivity index (χ0n) is 15.2. The van der Waals surface area contributed by atoms with E-state index >= 15 is 0 Å². The Balaban J connectivity index is 1.59. The molecule has 0 saturated heterocycles. The number of rotatable bonds is 8. The number of unbranched alkanes of at least 4 members (excludes halogenated alkanes) is 1. The van der Waals surface area contributed by atoms with Gasteiger partial charge in [0.1, 0.15) is 5.75 Å². The molecule has 1 unspecified atom stereocenters. The predicted octanol–water partition coefficient (Wildman–Crippen LogP) is 6.15. The van der Waals surface area contributed by atoms with E-state index in [1.165, 1.54) is 11.5 Å². The van der Waals surface area contributed by atoms with E-state index in [9.17, 15) is 0 Å². The van der Waals surface area contributed by atoms with Crippen LogP contribution in [-0.4, -0.2) is 17.0 Å². The molecule has 3 aromatic rings. The van der Waals surface area contributed by atoms with Crippen LogP contribution in [0.4, 0.5) is 0 Å². The third-order valence-electron chi connectivity index (χ3n) is 4.62. The Hall–Kier alpha value is -1.62. The summed E-state index contributed by atoms with van der Waals surface area (Å²) < 4.78 is 11.7. The molecule has 1 heterocycles. The van der Waals surface area contributed by atoms with E-state index in [1.54, 1.807) is 0 Å². The molecule has 26 heavy (non-hydrogen) atoms. The summed E-state index contributed by atoms with van der Waals surface area (Å²) in [5.74, 6) is 1.44. The van der Waals surface area contributed by atoms with Crippen molar-refractivity contribution >= 4 is 33.2 Å². The lowest BCUT2D eigenvalue weighted by molar-refractivity contribution is 0.300. The van der Waals surface area contributed by atoms with E-state index in [1.807, 2.05) is 30.3 Å². The SMILES string of the molecule is CC(C)C(N)CCCCOc1ccc2c(-c3ccc(Cl)cc3)nsc2c1. The summed E-state index contributed by atoms with van der Waals surface area (Å²) in [5.41, 5.74) is 8.15. The summed E-state index contributed by atoms with van der Waals surface area (Å²) in [6.07, 6.45) is 3.18. The molecule has 1 atom stereocenters. The topological polar surface area (TPSA) is 48.1 Å². The smallest absolute Gasteiger partial charge is 0.120 e. The lowest BCUT2D eigenvalue weighted by Crippen LogP contribution is -2.26.